The molecular formula is C17H23N3O. The monoisotopic (exact) mass is 285 g/mol. The van der Waals surface area contributed by atoms with E-state index in [-0.39, 0.29) is 0 Å². The highest BCUT2D eigenvalue weighted by molar-refractivity contribution is 5.39. The van der Waals surface area contributed by atoms with Crippen LogP contribution < -0.4 is 10.1 Å². The van der Waals surface area contributed by atoms with Crippen molar-refractivity contribution in [2.75, 3.05) is 13.7 Å². The molecule has 1 atom stereocenters. The van der Waals surface area contributed by atoms with Crippen molar-refractivity contribution in [2.24, 2.45) is 0 Å². The largest absolute Gasteiger partial charge is 0.497 e. The van der Waals surface area contributed by atoms with Gasteiger partial charge < -0.3 is 15.0 Å². The van der Waals surface area contributed by atoms with Crippen LogP contribution in [0.5, 0.6) is 5.75 Å². The van der Waals surface area contributed by atoms with Gasteiger partial charge in [0.05, 0.1) is 7.11 Å². The van der Waals surface area contributed by atoms with E-state index >= 15 is 0 Å². The first-order valence-electron chi connectivity index (χ1n) is 7.75. The lowest BCUT2D eigenvalue weighted by Crippen LogP contribution is -2.26. The van der Waals surface area contributed by atoms with E-state index in [4.69, 9.17) is 4.74 Å². The molecule has 2 aromatic rings. The third kappa shape index (κ3) is 3.45. The number of hydrogen-bond acceptors (Lipinski definition) is 3. The van der Waals surface area contributed by atoms with Crippen molar-refractivity contribution in [1.82, 2.24) is 15.3 Å². The smallest absolute Gasteiger partial charge is 0.119 e. The molecule has 1 aromatic heterocycles. The van der Waals surface area contributed by atoms with Gasteiger partial charge >= 0.3 is 0 Å². The van der Waals surface area contributed by atoms with Crippen LogP contribution in [0.25, 0.3) is 0 Å². The maximum absolute atomic E-state index is 5.32. The molecule has 1 aliphatic carbocycles. The number of aromatic nitrogens is 2. The van der Waals surface area contributed by atoms with E-state index in [1.165, 1.54) is 24.0 Å². The van der Waals surface area contributed by atoms with Crippen molar-refractivity contribution in [1.29, 1.82) is 0 Å². The van der Waals surface area contributed by atoms with Crippen molar-refractivity contribution in [3.8, 4) is 5.75 Å². The molecule has 1 unspecified atom stereocenters. The Morgan fingerprint density at radius 3 is 3.19 bits per heavy atom. The van der Waals surface area contributed by atoms with Gasteiger partial charge in [0.1, 0.15) is 11.6 Å². The number of aryl methyl sites for hydroxylation is 2. The molecule has 0 fully saturated rings. The molecule has 0 bridgehead atoms. The molecule has 0 saturated carbocycles. The minimum atomic E-state index is 0.483. The molecule has 0 spiro atoms. The van der Waals surface area contributed by atoms with Crippen LogP contribution in [0.15, 0.2) is 30.6 Å². The second-order valence-electron chi connectivity index (χ2n) is 5.60. The predicted molar refractivity (Wildman–Crippen MR) is 83.6 cm³/mol. The van der Waals surface area contributed by atoms with Crippen LogP contribution in [-0.4, -0.2) is 23.6 Å². The first-order valence-corrected chi connectivity index (χ1v) is 7.75. The highest BCUT2D eigenvalue weighted by atomic mass is 16.5. The van der Waals surface area contributed by atoms with Crippen molar-refractivity contribution >= 4 is 0 Å². The molecule has 0 aliphatic heterocycles. The van der Waals surface area contributed by atoms with E-state index in [2.05, 4.69) is 33.5 Å². The lowest BCUT2D eigenvalue weighted by atomic mass is 9.87. The van der Waals surface area contributed by atoms with Crippen LogP contribution in [-0.2, 0) is 12.8 Å². The fourth-order valence-corrected chi connectivity index (χ4v) is 3.10. The number of hydrogen-bond donors (Lipinski definition) is 2. The molecule has 0 amide bonds. The number of H-pyrrole nitrogens is 1. The van der Waals surface area contributed by atoms with Gasteiger partial charge in [-0.3, -0.25) is 0 Å². The van der Waals surface area contributed by atoms with E-state index in [1.807, 2.05) is 12.4 Å². The minimum Gasteiger partial charge on any atom is -0.497 e. The van der Waals surface area contributed by atoms with E-state index in [0.717, 1.165) is 37.4 Å². The number of fused-ring (bicyclic) bond motifs is 1. The molecule has 21 heavy (non-hydrogen) atoms. The number of ether oxygens (including phenoxy) is 1. The average molecular weight is 285 g/mol. The summed E-state index contributed by atoms with van der Waals surface area (Å²) in [6, 6.07) is 6.96. The summed E-state index contributed by atoms with van der Waals surface area (Å²) >= 11 is 0. The van der Waals surface area contributed by atoms with Gasteiger partial charge in [0.25, 0.3) is 0 Å². The van der Waals surface area contributed by atoms with Gasteiger partial charge in [0.15, 0.2) is 0 Å². The van der Waals surface area contributed by atoms with Crippen molar-refractivity contribution in [3.63, 3.8) is 0 Å². The van der Waals surface area contributed by atoms with E-state index < -0.39 is 0 Å². The fourth-order valence-electron chi connectivity index (χ4n) is 3.10. The Bertz CT molecular complexity index is 565. The van der Waals surface area contributed by atoms with Gasteiger partial charge in [0, 0.05) is 24.9 Å². The summed E-state index contributed by atoms with van der Waals surface area (Å²) in [7, 11) is 1.73. The number of imidazole rings is 1. The zero-order valence-corrected chi connectivity index (χ0v) is 12.6. The second kappa shape index (κ2) is 6.76. The number of rotatable bonds is 6. The van der Waals surface area contributed by atoms with E-state index in [1.54, 1.807) is 7.11 Å². The summed E-state index contributed by atoms with van der Waals surface area (Å²) in [4.78, 5) is 7.41. The van der Waals surface area contributed by atoms with Gasteiger partial charge in [-0.25, -0.2) is 4.98 Å². The van der Waals surface area contributed by atoms with Crippen LogP contribution >= 0.6 is 0 Å². The Morgan fingerprint density at radius 1 is 1.43 bits per heavy atom. The predicted octanol–water partition coefficient (Wildman–Crippen LogP) is 3.02. The molecule has 1 aromatic carbocycles. The highest BCUT2D eigenvalue weighted by Crippen LogP contribution is 2.32. The van der Waals surface area contributed by atoms with Crippen LogP contribution in [0.3, 0.4) is 0 Å². The molecule has 1 heterocycles. The minimum absolute atomic E-state index is 0.483. The number of nitrogens with zero attached hydrogens (tertiary/aromatic N) is 1. The van der Waals surface area contributed by atoms with Gasteiger partial charge in [-0.05, 0) is 55.5 Å². The van der Waals surface area contributed by atoms with Crippen LogP contribution in [0.4, 0.5) is 0 Å². The Labute approximate surface area is 125 Å². The molecule has 0 saturated heterocycles. The summed E-state index contributed by atoms with van der Waals surface area (Å²) in [6.45, 7) is 1.02. The standard InChI is InChI=1S/C17H23N3O/c1-21-14-7-8-15-13(12-14)4-2-5-16(15)18-9-3-6-17-19-10-11-20-17/h7-8,10-12,16,18H,2-6,9H2,1H3,(H,19,20). The van der Waals surface area contributed by atoms with Gasteiger partial charge in [-0.1, -0.05) is 6.07 Å². The Kier molecular flexibility index (Phi) is 4.55. The highest BCUT2D eigenvalue weighted by Gasteiger charge is 2.19. The molecule has 112 valence electrons. The molecule has 4 nitrogen and oxygen atoms in total. The van der Waals surface area contributed by atoms with Crippen LogP contribution in [0.2, 0.25) is 0 Å². The molecule has 4 heteroatoms. The van der Waals surface area contributed by atoms with Gasteiger partial charge in [0.2, 0.25) is 0 Å². The molecule has 1 aliphatic rings. The Hall–Kier alpha value is -1.81. The number of benzene rings is 1. The molecule has 0 radical (unpaired) electrons. The fraction of sp³-hybridized carbons (Fsp3) is 0.471. The third-order valence-corrected chi connectivity index (χ3v) is 4.20. The topological polar surface area (TPSA) is 49.9 Å². The van der Waals surface area contributed by atoms with E-state index in [0.29, 0.717) is 6.04 Å². The Balaban J connectivity index is 1.55. The number of aromatic amines is 1. The third-order valence-electron chi connectivity index (χ3n) is 4.20. The maximum atomic E-state index is 5.32. The summed E-state index contributed by atoms with van der Waals surface area (Å²) in [6.07, 6.45) is 9.44. The average Bonchev–Trinajstić information content (AvgIpc) is 3.04. The van der Waals surface area contributed by atoms with Crippen molar-refractivity contribution in [2.45, 2.75) is 38.1 Å². The second-order valence-corrected chi connectivity index (χ2v) is 5.60. The molecule has 3 rings (SSSR count). The van der Waals surface area contributed by atoms with Crippen LogP contribution in [0.1, 0.15) is 42.3 Å². The van der Waals surface area contributed by atoms with Crippen LogP contribution in [0, 0.1) is 0 Å². The quantitative estimate of drug-likeness (QED) is 0.802. The first kappa shape index (κ1) is 14.1. The maximum Gasteiger partial charge on any atom is 0.119 e. The van der Waals surface area contributed by atoms with Gasteiger partial charge in [-0.15, -0.1) is 0 Å². The normalized spacial score (nSPS) is 17.5. The zero-order chi connectivity index (χ0) is 14.5. The summed E-state index contributed by atoms with van der Waals surface area (Å²) in [5.41, 5.74) is 2.88. The van der Waals surface area contributed by atoms with Crippen molar-refractivity contribution < 1.29 is 4.74 Å². The molecular weight excluding hydrogens is 262 g/mol. The summed E-state index contributed by atoms with van der Waals surface area (Å²) < 4.78 is 5.32. The number of methoxy groups -OCH3 is 1. The molecule has 2 N–H and O–H groups in total. The summed E-state index contributed by atoms with van der Waals surface area (Å²) in [5, 5.41) is 3.70. The van der Waals surface area contributed by atoms with E-state index in [9.17, 15) is 0 Å². The van der Waals surface area contributed by atoms with Crippen molar-refractivity contribution in [3.05, 3.63) is 47.5 Å². The first-order chi connectivity index (χ1) is 10.4. The SMILES string of the molecule is COc1ccc2c(c1)CCCC2NCCCc1ncc[nH]1. The Morgan fingerprint density at radius 2 is 2.38 bits per heavy atom. The zero-order valence-electron chi connectivity index (χ0n) is 12.6. The number of nitrogens with one attached hydrogen (secondary N) is 2. The lowest BCUT2D eigenvalue weighted by molar-refractivity contribution is 0.410. The van der Waals surface area contributed by atoms with Gasteiger partial charge in [-0.2, -0.15) is 0 Å². The summed E-state index contributed by atoms with van der Waals surface area (Å²) in [5.74, 6) is 2.04. The lowest BCUT2D eigenvalue weighted by Gasteiger charge is -2.27.